The summed E-state index contributed by atoms with van der Waals surface area (Å²) in [4.78, 5) is 39.1. The van der Waals surface area contributed by atoms with E-state index in [0.29, 0.717) is 16.9 Å². The fourth-order valence-corrected chi connectivity index (χ4v) is 3.43. The van der Waals surface area contributed by atoms with Gasteiger partial charge in [-0.15, -0.1) is 0 Å². The summed E-state index contributed by atoms with van der Waals surface area (Å²) >= 11 is 2.32. The summed E-state index contributed by atoms with van der Waals surface area (Å²) in [5, 5.41) is -0.0690. The number of allylic oxidation sites excluding steroid dienone is 2. The van der Waals surface area contributed by atoms with Crippen molar-refractivity contribution in [2.24, 2.45) is 4.99 Å². The van der Waals surface area contributed by atoms with Gasteiger partial charge in [-0.1, -0.05) is 54.2 Å². The molecule has 1 heterocycles. The molecule has 0 unspecified atom stereocenters. The van der Waals surface area contributed by atoms with Gasteiger partial charge in [-0.3, -0.25) is 19.4 Å². The molecule has 2 aromatic rings. The lowest BCUT2D eigenvalue weighted by molar-refractivity contribution is -0.131. The molecule has 0 aromatic heterocycles. The lowest BCUT2D eigenvalue weighted by Crippen LogP contribution is -2.05. The third kappa shape index (κ3) is 7.85. The number of nitrogens with zero attached hydrogens (tertiary/aromatic N) is 1. The fraction of sp³-hybridized carbons (Fsp3) is 0.130. The molecule has 7 heteroatoms. The number of para-hydroxylation sites is 1. The first-order valence-electron chi connectivity index (χ1n) is 9.02. The largest absolute Gasteiger partial charge is 0.426 e. The highest BCUT2D eigenvalue weighted by atomic mass is 32.2. The van der Waals surface area contributed by atoms with Crippen LogP contribution in [0, 0.1) is 0 Å². The van der Waals surface area contributed by atoms with Crippen LogP contribution in [0.15, 0.2) is 88.4 Å². The zero-order valence-electron chi connectivity index (χ0n) is 16.6. The third-order valence-corrected chi connectivity index (χ3v) is 5.13. The highest BCUT2D eigenvalue weighted by molar-refractivity contribution is 8.14. The lowest BCUT2D eigenvalue weighted by atomic mass is 10.2. The molecule has 0 saturated heterocycles. The van der Waals surface area contributed by atoms with E-state index in [1.165, 1.54) is 18.7 Å². The zero-order valence-corrected chi connectivity index (χ0v) is 18.2. The Hall–Kier alpha value is -2.90. The first kappa shape index (κ1) is 23.4. The van der Waals surface area contributed by atoms with Crippen molar-refractivity contribution in [1.82, 2.24) is 0 Å². The van der Waals surface area contributed by atoms with E-state index in [1.54, 1.807) is 42.9 Å². The van der Waals surface area contributed by atoms with E-state index in [1.807, 2.05) is 42.5 Å². The van der Waals surface area contributed by atoms with Gasteiger partial charge < -0.3 is 4.74 Å². The number of hydrogen-bond donors (Lipinski definition) is 0. The van der Waals surface area contributed by atoms with Gasteiger partial charge in [0.1, 0.15) is 5.75 Å². The molecule has 0 spiro atoms. The van der Waals surface area contributed by atoms with Gasteiger partial charge in [0, 0.05) is 29.8 Å². The predicted octanol–water partition coefficient (Wildman–Crippen LogP) is 5.34. The van der Waals surface area contributed by atoms with Crippen LogP contribution in [0.1, 0.15) is 23.7 Å². The second-order valence-corrected chi connectivity index (χ2v) is 7.67. The van der Waals surface area contributed by atoms with Crippen LogP contribution >= 0.6 is 23.5 Å². The molecule has 0 saturated carbocycles. The maximum Gasteiger partial charge on any atom is 0.308 e. The smallest absolute Gasteiger partial charge is 0.308 e. The van der Waals surface area contributed by atoms with Crippen molar-refractivity contribution in [3.8, 4) is 5.75 Å². The summed E-state index contributed by atoms with van der Waals surface area (Å²) in [6, 6.07) is 16.1. The molecule has 0 radical (unpaired) electrons. The molecule has 1 aliphatic rings. The van der Waals surface area contributed by atoms with Crippen molar-refractivity contribution >= 4 is 45.9 Å². The second kappa shape index (κ2) is 12.6. The number of carbonyl (C=O) groups excluding carboxylic acids is 3. The Labute approximate surface area is 184 Å². The van der Waals surface area contributed by atoms with E-state index in [9.17, 15) is 14.4 Å². The van der Waals surface area contributed by atoms with E-state index in [2.05, 4.69) is 4.99 Å². The minimum atomic E-state index is -0.440. The molecule has 1 aliphatic heterocycles. The van der Waals surface area contributed by atoms with Crippen LogP contribution in [-0.2, 0) is 9.59 Å². The average molecular weight is 440 g/mol. The molecule has 0 bridgehead atoms. The number of hydrogen-bond acceptors (Lipinski definition) is 7. The monoisotopic (exact) mass is 439 g/mol. The summed E-state index contributed by atoms with van der Waals surface area (Å²) in [5.74, 6) is -0.145. The van der Waals surface area contributed by atoms with Crippen molar-refractivity contribution in [3.63, 3.8) is 0 Å². The Morgan fingerprint density at radius 1 is 0.967 bits per heavy atom. The van der Waals surface area contributed by atoms with Crippen LogP contribution in [0.2, 0.25) is 0 Å². The number of ether oxygens (including phenoxy) is 1. The van der Waals surface area contributed by atoms with Crippen LogP contribution in [0.25, 0.3) is 0 Å². The number of benzene rings is 2. The van der Waals surface area contributed by atoms with Gasteiger partial charge in [-0.25, -0.2) is 0 Å². The number of esters is 1. The minimum absolute atomic E-state index is 0.0810. The molecule has 3 rings (SSSR count). The Morgan fingerprint density at radius 2 is 1.67 bits per heavy atom. The minimum Gasteiger partial charge on any atom is -0.426 e. The molecule has 2 aromatic carbocycles. The van der Waals surface area contributed by atoms with Crippen LogP contribution < -0.4 is 4.74 Å². The SMILES string of the molecule is CC(=O)Oc1ccccc1C(=O)Sc1ccccc1.CSC(=O)C1=CCC=CN=C1. The second-order valence-electron chi connectivity index (χ2n) is 5.84. The van der Waals surface area contributed by atoms with Gasteiger partial charge in [-0.2, -0.15) is 0 Å². The first-order chi connectivity index (χ1) is 14.5. The van der Waals surface area contributed by atoms with Crippen LogP contribution in [0.5, 0.6) is 5.75 Å². The molecular weight excluding hydrogens is 418 g/mol. The van der Waals surface area contributed by atoms with Gasteiger partial charge in [-0.05, 0) is 48.7 Å². The Morgan fingerprint density at radius 3 is 2.37 bits per heavy atom. The Balaban J connectivity index is 0.000000248. The molecule has 5 nitrogen and oxygen atoms in total. The Bertz CT molecular complexity index is 982. The predicted molar refractivity (Wildman–Crippen MR) is 123 cm³/mol. The van der Waals surface area contributed by atoms with Crippen LogP contribution in [0.4, 0.5) is 0 Å². The highest BCUT2D eigenvalue weighted by Gasteiger charge is 2.14. The van der Waals surface area contributed by atoms with Crippen LogP contribution in [0.3, 0.4) is 0 Å². The molecule has 0 amide bonds. The van der Waals surface area contributed by atoms with E-state index in [-0.39, 0.29) is 10.2 Å². The van der Waals surface area contributed by atoms with E-state index >= 15 is 0 Å². The summed E-state index contributed by atoms with van der Waals surface area (Å²) in [6.45, 7) is 1.31. The normalized spacial score (nSPS) is 12.1. The molecular formula is C23H21NO4S2. The van der Waals surface area contributed by atoms with Crippen molar-refractivity contribution in [1.29, 1.82) is 0 Å². The molecule has 0 aliphatic carbocycles. The number of thioether (sulfide) groups is 2. The maximum atomic E-state index is 12.2. The van der Waals surface area contributed by atoms with Crippen molar-refractivity contribution in [3.05, 3.63) is 84.1 Å². The quantitative estimate of drug-likeness (QED) is 0.364. The third-order valence-electron chi connectivity index (χ3n) is 3.61. The lowest BCUT2D eigenvalue weighted by Gasteiger charge is -2.07. The molecule has 154 valence electrons. The number of rotatable bonds is 4. The summed E-state index contributed by atoms with van der Waals surface area (Å²) < 4.78 is 5.03. The standard InChI is InChI=1S/C15H12O3S.C8H9NOS/c1-11(16)18-14-10-6-5-9-13(14)15(17)19-12-7-3-2-4-8-12;1-11-8(10)7-4-2-3-5-9-6-7/h2-10H,1H3;3-6H,2H2,1H3. The maximum absolute atomic E-state index is 12.2. The van der Waals surface area contributed by atoms with Gasteiger partial charge in [0.25, 0.3) is 0 Å². The summed E-state index contributed by atoms with van der Waals surface area (Å²) in [6.07, 6.45) is 9.67. The topological polar surface area (TPSA) is 72.8 Å². The highest BCUT2D eigenvalue weighted by Crippen LogP contribution is 2.27. The van der Waals surface area contributed by atoms with Gasteiger partial charge >= 0.3 is 5.97 Å². The van der Waals surface area contributed by atoms with Crippen LogP contribution in [-0.4, -0.2) is 28.7 Å². The summed E-state index contributed by atoms with van der Waals surface area (Å²) in [7, 11) is 0. The molecule has 0 N–H and O–H groups in total. The van der Waals surface area contributed by atoms with E-state index in [0.717, 1.165) is 23.1 Å². The number of carbonyl (C=O) groups is 3. The van der Waals surface area contributed by atoms with Gasteiger partial charge in [0.2, 0.25) is 10.2 Å². The molecule has 30 heavy (non-hydrogen) atoms. The Kier molecular flexibility index (Phi) is 9.83. The van der Waals surface area contributed by atoms with Gasteiger partial charge in [0.15, 0.2) is 0 Å². The van der Waals surface area contributed by atoms with Gasteiger partial charge in [0.05, 0.1) is 5.56 Å². The molecule has 0 fully saturated rings. The van der Waals surface area contributed by atoms with Crippen molar-refractivity contribution < 1.29 is 19.1 Å². The zero-order chi connectivity index (χ0) is 21.8. The van der Waals surface area contributed by atoms with E-state index in [4.69, 9.17) is 4.74 Å². The fourth-order valence-electron chi connectivity index (χ4n) is 2.28. The van der Waals surface area contributed by atoms with E-state index < -0.39 is 5.97 Å². The van der Waals surface area contributed by atoms with Crippen molar-refractivity contribution in [2.75, 3.05) is 6.26 Å². The van der Waals surface area contributed by atoms with Crippen molar-refractivity contribution in [2.45, 2.75) is 18.2 Å². The first-order valence-corrected chi connectivity index (χ1v) is 11.1. The average Bonchev–Trinajstić information content (AvgIpc) is 3.04. The molecule has 0 atom stereocenters. The summed E-state index contributed by atoms with van der Waals surface area (Å²) in [5.41, 5.74) is 1.09. The number of aliphatic imine (C=N–C) groups is 1.